The predicted octanol–water partition coefficient (Wildman–Crippen LogP) is 7.50. The largest absolute Gasteiger partial charge is 0.335 e. The molecule has 244 valence electrons. The topological polar surface area (TPSA) is 7.12 Å². The van der Waals surface area contributed by atoms with E-state index < -0.39 is 0 Å². The number of nitrogens with zero attached hydrogens (tertiary/aromatic N) is 4. The van der Waals surface area contributed by atoms with Crippen LogP contribution < -0.4 is 19.3 Å². The zero-order valence-corrected chi connectivity index (χ0v) is 30.6. The summed E-state index contributed by atoms with van der Waals surface area (Å²) < 4.78 is 6.45. The number of hydrogen-bond acceptors (Lipinski definition) is 3. The van der Waals surface area contributed by atoms with Crippen molar-refractivity contribution in [1.82, 2.24) is 0 Å². The Labute approximate surface area is 282 Å². The van der Waals surface area contributed by atoms with E-state index in [1.165, 1.54) is 105 Å². The SMILES string of the molecule is CC[N+](CC)(CC)CCCN1/C(=C/C=C/C=C/C=C/c2sc3c([n+]2CCC[N+](CC)(CC)CC)=CCCC=3)Sc2ccccc21. The summed E-state index contributed by atoms with van der Waals surface area (Å²) in [5.41, 5.74) is 1.35. The summed E-state index contributed by atoms with van der Waals surface area (Å²) in [6.07, 6.45) is 25.1. The summed E-state index contributed by atoms with van der Waals surface area (Å²) >= 11 is 3.84. The highest BCUT2D eigenvalue weighted by atomic mass is 32.2. The summed E-state index contributed by atoms with van der Waals surface area (Å²) in [4.78, 5) is 3.89. The van der Waals surface area contributed by atoms with Crippen molar-refractivity contribution in [1.29, 1.82) is 0 Å². The number of hydrogen-bond donors (Lipinski definition) is 0. The van der Waals surface area contributed by atoms with Gasteiger partial charge in [0.15, 0.2) is 6.54 Å². The van der Waals surface area contributed by atoms with Crippen molar-refractivity contribution >= 4 is 47.0 Å². The quantitative estimate of drug-likeness (QED) is 0.0940. The average molecular weight is 648 g/mol. The van der Waals surface area contributed by atoms with Gasteiger partial charge in [0.2, 0.25) is 5.35 Å². The van der Waals surface area contributed by atoms with Crippen molar-refractivity contribution in [3.05, 3.63) is 80.6 Å². The standard InChI is InChI=1S/C39H59N4S2/c1-7-42(8-2,9-3)32-22-30-40-34-24-18-20-26-36(34)44-38(40)28-16-14-13-15-17-29-39-41(35-25-19-21-27-37(35)45-39)31-23-33-43(10-4,11-5)12-6/h13-18,20,24-29H,7-12,19,21-23,30-33H2,1-6H3/q+3. The van der Waals surface area contributed by atoms with E-state index in [-0.39, 0.29) is 0 Å². The molecular formula is C39H59N4S2+3. The molecule has 1 aliphatic heterocycles. The Morgan fingerprint density at radius 3 is 2.09 bits per heavy atom. The fourth-order valence-electron chi connectivity index (χ4n) is 6.91. The molecule has 0 bridgehead atoms. The number of rotatable bonds is 18. The van der Waals surface area contributed by atoms with E-state index in [4.69, 9.17) is 0 Å². The number of benzene rings is 1. The number of thioether (sulfide) groups is 1. The number of anilines is 1. The Morgan fingerprint density at radius 1 is 0.756 bits per heavy atom. The van der Waals surface area contributed by atoms with Gasteiger partial charge in [0, 0.05) is 23.9 Å². The van der Waals surface area contributed by atoms with Crippen molar-refractivity contribution in [3.63, 3.8) is 0 Å². The van der Waals surface area contributed by atoms with E-state index >= 15 is 0 Å². The molecule has 0 unspecified atom stereocenters. The summed E-state index contributed by atoms with van der Waals surface area (Å²) in [6, 6.07) is 8.85. The van der Waals surface area contributed by atoms with Crippen molar-refractivity contribution in [2.24, 2.45) is 0 Å². The van der Waals surface area contributed by atoms with Crippen LogP contribution in [0.4, 0.5) is 5.69 Å². The number of thiazole rings is 1. The lowest BCUT2D eigenvalue weighted by Gasteiger charge is -2.36. The summed E-state index contributed by atoms with van der Waals surface area (Å²) in [5, 5.41) is 4.13. The molecule has 2 aliphatic rings. The van der Waals surface area contributed by atoms with Crippen LogP contribution in [0.2, 0.25) is 0 Å². The van der Waals surface area contributed by atoms with Gasteiger partial charge in [-0.3, -0.25) is 0 Å². The molecule has 0 amide bonds. The third-order valence-electron chi connectivity index (χ3n) is 10.5. The van der Waals surface area contributed by atoms with Gasteiger partial charge in [-0.05, 0) is 78.7 Å². The maximum absolute atomic E-state index is 2.57. The first kappa shape index (κ1) is 35.5. The molecule has 0 saturated carbocycles. The van der Waals surface area contributed by atoms with Gasteiger partial charge in [0.1, 0.15) is 4.53 Å². The maximum atomic E-state index is 2.57. The Hall–Kier alpha value is -2.38. The molecule has 2 heterocycles. The van der Waals surface area contributed by atoms with Gasteiger partial charge in [-0.25, -0.2) is 0 Å². The Bertz CT molecular complexity index is 1450. The Kier molecular flexibility index (Phi) is 13.8. The van der Waals surface area contributed by atoms with E-state index in [9.17, 15) is 0 Å². The van der Waals surface area contributed by atoms with Gasteiger partial charge in [-0.2, -0.15) is 4.57 Å². The van der Waals surface area contributed by atoms with Crippen LogP contribution in [-0.4, -0.2) is 67.9 Å². The molecule has 45 heavy (non-hydrogen) atoms. The van der Waals surface area contributed by atoms with E-state index in [2.05, 4.69) is 130 Å². The third kappa shape index (κ3) is 8.91. The molecule has 0 radical (unpaired) electrons. The van der Waals surface area contributed by atoms with E-state index in [1.807, 2.05) is 23.1 Å². The van der Waals surface area contributed by atoms with Gasteiger partial charge < -0.3 is 13.9 Å². The average Bonchev–Trinajstić information content (AvgIpc) is 3.62. The van der Waals surface area contributed by atoms with E-state index in [0.29, 0.717) is 0 Å². The van der Waals surface area contributed by atoms with Gasteiger partial charge in [-0.1, -0.05) is 71.7 Å². The van der Waals surface area contributed by atoms with Crippen molar-refractivity contribution in [2.75, 3.05) is 63.8 Å². The van der Waals surface area contributed by atoms with Crippen LogP contribution in [0.1, 0.15) is 72.2 Å². The minimum absolute atomic E-state index is 1.07. The van der Waals surface area contributed by atoms with Gasteiger partial charge in [0.25, 0.3) is 5.01 Å². The lowest BCUT2D eigenvalue weighted by molar-refractivity contribution is -0.925. The Balaban J connectivity index is 1.40. The summed E-state index contributed by atoms with van der Waals surface area (Å²) in [5.74, 6) is 0. The fraction of sp³-hybridized carbons (Fsp3) is 0.513. The second-order valence-electron chi connectivity index (χ2n) is 12.4. The van der Waals surface area contributed by atoms with Crippen molar-refractivity contribution in [2.45, 2.75) is 78.7 Å². The highest BCUT2D eigenvalue weighted by molar-refractivity contribution is 8.03. The lowest BCUT2D eigenvalue weighted by atomic mass is 10.2. The lowest BCUT2D eigenvalue weighted by Crippen LogP contribution is -2.56. The first-order valence-corrected chi connectivity index (χ1v) is 19.3. The molecule has 1 aromatic heterocycles. The second kappa shape index (κ2) is 17.5. The van der Waals surface area contributed by atoms with Crippen LogP contribution in [0.3, 0.4) is 0 Å². The van der Waals surface area contributed by atoms with Crippen LogP contribution in [0, 0.1) is 0 Å². The molecule has 6 heteroatoms. The molecule has 1 aromatic carbocycles. The fourth-order valence-corrected chi connectivity index (χ4v) is 9.18. The summed E-state index contributed by atoms with van der Waals surface area (Å²) in [7, 11) is 0. The molecule has 1 aliphatic carbocycles. The molecule has 0 saturated heterocycles. The van der Waals surface area contributed by atoms with Crippen LogP contribution in [0.25, 0.3) is 18.2 Å². The van der Waals surface area contributed by atoms with Crippen LogP contribution in [0.15, 0.2) is 70.6 Å². The maximum Gasteiger partial charge on any atom is 0.262 e. The highest BCUT2D eigenvalue weighted by Crippen LogP contribution is 2.45. The first-order valence-electron chi connectivity index (χ1n) is 17.7. The second-order valence-corrected chi connectivity index (χ2v) is 14.5. The Morgan fingerprint density at radius 2 is 1.38 bits per heavy atom. The molecule has 0 spiro atoms. The highest BCUT2D eigenvalue weighted by Gasteiger charge is 2.26. The number of allylic oxidation sites excluding steroid dienone is 6. The minimum atomic E-state index is 1.07. The third-order valence-corrected chi connectivity index (χ3v) is 12.8. The normalized spacial score (nSPS) is 16.2. The van der Waals surface area contributed by atoms with E-state index in [0.717, 1.165) is 25.9 Å². The zero-order valence-electron chi connectivity index (χ0n) is 29.0. The van der Waals surface area contributed by atoms with Gasteiger partial charge in [0.05, 0.1) is 69.5 Å². The molecule has 0 atom stereocenters. The minimum Gasteiger partial charge on any atom is -0.335 e. The summed E-state index contributed by atoms with van der Waals surface area (Å²) in [6.45, 7) is 26.0. The van der Waals surface area contributed by atoms with Crippen molar-refractivity contribution in [3.8, 4) is 0 Å². The number of fused-ring (bicyclic) bond motifs is 2. The molecule has 4 nitrogen and oxygen atoms in total. The molecular weight excluding hydrogens is 589 g/mol. The van der Waals surface area contributed by atoms with Crippen LogP contribution in [0.5, 0.6) is 0 Å². The van der Waals surface area contributed by atoms with Gasteiger partial charge in [-0.15, -0.1) is 0 Å². The van der Waals surface area contributed by atoms with Crippen LogP contribution >= 0.6 is 23.1 Å². The first-order chi connectivity index (χ1) is 22.0. The predicted molar refractivity (Wildman–Crippen MR) is 200 cm³/mol. The molecule has 0 fully saturated rings. The van der Waals surface area contributed by atoms with E-state index in [1.54, 1.807) is 0 Å². The van der Waals surface area contributed by atoms with Crippen molar-refractivity contribution < 1.29 is 13.5 Å². The molecule has 4 rings (SSSR count). The van der Waals surface area contributed by atoms with Crippen LogP contribution in [-0.2, 0) is 6.54 Å². The number of quaternary nitrogens is 2. The molecule has 2 aromatic rings. The number of para-hydroxylation sites is 1. The zero-order chi connectivity index (χ0) is 32.1. The smallest absolute Gasteiger partial charge is 0.262 e. The van der Waals surface area contributed by atoms with Gasteiger partial charge >= 0.3 is 0 Å². The molecule has 0 N–H and O–H groups in total. The number of aromatic nitrogens is 1. The monoisotopic (exact) mass is 647 g/mol.